The first kappa shape index (κ1) is 26.9. The molecular formula is C24H30BrN3O4S. The number of nitro benzene ring substituents is 1. The summed E-state index contributed by atoms with van der Waals surface area (Å²) in [6, 6.07) is 5.41. The molecule has 9 heteroatoms. The lowest BCUT2D eigenvalue weighted by Gasteiger charge is -2.27. The van der Waals surface area contributed by atoms with Gasteiger partial charge in [-0.2, -0.15) is 0 Å². The van der Waals surface area contributed by atoms with Gasteiger partial charge in [-0.1, -0.05) is 30.3 Å². The maximum absolute atomic E-state index is 13.0. The van der Waals surface area contributed by atoms with Crippen LogP contribution < -0.4 is 5.32 Å². The Morgan fingerprint density at radius 2 is 1.85 bits per heavy atom. The Bertz CT molecular complexity index is 964. The summed E-state index contributed by atoms with van der Waals surface area (Å²) in [4.78, 5) is 39.2. The largest absolute Gasteiger partial charge is 0.342 e. The molecule has 1 aromatic rings. The molecule has 1 aliphatic rings. The van der Waals surface area contributed by atoms with E-state index >= 15 is 0 Å². The van der Waals surface area contributed by atoms with Gasteiger partial charge in [0.05, 0.1) is 15.8 Å². The molecular weight excluding hydrogens is 506 g/mol. The number of carbonyl (C=O) groups excluding carboxylic acids is 2. The minimum atomic E-state index is -0.510. The maximum atomic E-state index is 13.0. The summed E-state index contributed by atoms with van der Waals surface area (Å²) in [6.07, 6.45) is 5.89. The molecule has 7 nitrogen and oxygen atoms in total. The highest BCUT2D eigenvalue weighted by atomic mass is 79.9. The molecule has 178 valence electrons. The number of likely N-dealkylation sites (tertiary alicyclic amines) is 1. The normalized spacial score (nSPS) is 15.7. The number of allylic oxidation sites excluding steroid dienone is 3. The summed E-state index contributed by atoms with van der Waals surface area (Å²) in [5.74, 6) is -0.456. The summed E-state index contributed by atoms with van der Waals surface area (Å²) in [5, 5.41) is 15.8. The van der Waals surface area contributed by atoms with E-state index < -0.39 is 10.8 Å². The van der Waals surface area contributed by atoms with Crippen molar-refractivity contribution in [2.24, 2.45) is 0 Å². The molecule has 33 heavy (non-hydrogen) atoms. The molecule has 0 aliphatic carbocycles. The van der Waals surface area contributed by atoms with Crippen molar-refractivity contribution in [3.63, 3.8) is 0 Å². The second-order valence-corrected chi connectivity index (χ2v) is 9.43. The summed E-state index contributed by atoms with van der Waals surface area (Å²) < 4.78 is 0.672. The molecule has 0 bridgehead atoms. The van der Waals surface area contributed by atoms with Gasteiger partial charge in [-0.25, -0.2) is 0 Å². The van der Waals surface area contributed by atoms with Gasteiger partial charge < -0.3 is 10.2 Å². The molecule has 0 atom stereocenters. The van der Waals surface area contributed by atoms with Crippen LogP contribution in [0.15, 0.2) is 56.4 Å². The smallest absolute Gasteiger partial charge is 0.269 e. The SMILES string of the molecule is C/C=C\SC(=C(\C)CC)/C(Br)=C(/CC(=O)N1CCCCC1)NC(=O)c1ccc([N+](=O)[O-])cc1. The van der Waals surface area contributed by atoms with Crippen LogP contribution >= 0.6 is 27.7 Å². The quantitative estimate of drug-likeness (QED) is 0.228. The zero-order valence-electron chi connectivity index (χ0n) is 19.2. The van der Waals surface area contributed by atoms with Gasteiger partial charge in [-0.3, -0.25) is 19.7 Å². The van der Waals surface area contributed by atoms with Gasteiger partial charge in [0.15, 0.2) is 0 Å². The van der Waals surface area contributed by atoms with E-state index in [2.05, 4.69) is 28.2 Å². The van der Waals surface area contributed by atoms with Crippen LogP contribution in [0.2, 0.25) is 0 Å². The van der Waals surface area contributed by atoms with Crippen molar-refractivity contribution in [2.45, 2.75) is 52.9 Å². The standard InChI is InChI=1S/C24H30BrN3O4S/c1-4-15-33-23(17(3)5-2)22(25)20(16-21(29)27-13-7-6-8-14-27)26-24(30)18-9-11-19(12-10-18)28(31)32/h4,9-12,15H,5-8,13-14,16H2,1-3H3,(H,26,30)/b15-4-,22-20+,23-17+. The van der Waals surface area contributed by atoms with Gasteiger partial charge in [-0.15, -0.1) is 0 Å². The number of nitro groups is 1. The van der Waals surface area contributed by atoms with Crippen LogP contribution in [0, 0.1) is 10.1 Å². The first-order valence-corrected chi connectivity index (χ1v) is 12.7. The summed E-state index contributed by atoms with van der Waals surface area (Å²) in [5.41, 5.74) is 1.80. The summed E-state index contributed by atoms with van der Waals surface area (Å²) in [7, 11) is 0. The van der Waals surface area contributed by atoms with Crippen LogP contribution in [0.25, 0.3) is 0 Å². The molecule has 1 fully saturated rings. The Hall–Kier alpha value is -2.39. The first-order valence-electron chi connectivity index (χ1n) is 11.0. The fourth-order valence-corrected chi connectivity index (χ4v) is 5.00. The average molecular weight is 536 g/mol. The number of piperidine rings is 1. The topological polar surface area (TPSA) is 92.6 Å². The number of benzene rings is 1. The van der Waals surface area contributed by atoms with Crippen molar-refractivity contribution in [1.82, 2.24) is 10.2 Å². The Morgan fingerprint density at radius 3 is 2.39 bits per heavy atom. The van der Waals surface area contributed by atoms with E-state index in [1.165, 1.54) is 36.0 Å². The minimum absolute atomic E-state index is 0.0322. The molecule has 0 unspecified atom stereocenters. The molecule has 2 amide bonds. The average Bonchev–Trinajstić information content (AvgIpc) is 2.83. The fourth-order valence-electron chi connectivity index (χ4n) is 3.30. The predicted molar refractivity (Wildman–Crippen MR) is 137 cm³/mol. The third-order valence-electron chi connectivity index (χ3n) is 5.35. The van der Waals surface area contributed by atoms with E-state index in [4.69, 9.17) is 0 Å². The van der Waals surface area contributed by atoms with E-state index in [1.54, 1.807) is 0 Å². The van der Waals surface area contributed by atoms with E-state index in [0.29, 0.717) is 10.2 Å². The first-order chi connectivity index (χ1) is 15.8. The lowest BCUT2D eigenvalue weighted by molar-refractivity contribution is -0.384. The van der Waals surface area contributed by atoms with Crippen LogP contribution in [0.1, 0.15) is 63.2 Å². The Morgan fingerprint density at radius 1 is 1.21 bits per heavy atom. The number of rotatable bonds is 9. The van der Waals surface area contributed by atoms with Gasteiger partial charge >= 0.3 is 0 Å². The summed E-state index contributed by atoms with van der Waals surface area (Å²) in [6.45, 7) is 7.46. The van der Waals surface area contributed by atoms with Gasteiger partial charge in [0.2, 0.25) is 5.91 Å². The van der Waals surface area contributed by atoms with Gasteiger partial charge in [0.25, 0.3) is 11.6 Å². The number of thioether (sulfide) groups is 1. The Labute approximate surface area is 207 Å². The van der Waals surface area contributed by atoms with Crippen LogP contribution in [-0.4, -0.2) is 34.7 Å². The fraction of sp³-hybridized carbons (Fsp3) is 0.417. The highest BCUT2D eigenvalue weighted by Gasteiger charge is 2.22. The van der Waals surface area contributed by atoms with Crippen LogP contribution in [0.4, 0.5) is 5.69 Å². The van der Waals surface area contributed by atoms with E-state index in [-0.39, 0.29) is 23.6 Å². The number of amides is 2. The molecule has 0 radical (unpaired) electrons. The molecule has 2 rings (SSSR count). The van der Waals surface area contributed by atoms with E-state index in [9.17, 15) is 19.7 Å². The minimum Gasteiger partial charge on any atom is -0.342 e. The van der Waals surface area contributed by atoms with Gasteiger partial charge in [-0.05, 0) is 73.0 Å². The van der Waals surface area contributed by atoms with E-state index in [1.807, 2.05) is 30.2 Å². The Balaban J connectivity index is 2.39. The lowest BCUT2D eigenvalue weighted by Crippen LogP contribution is -2.37. The second kappa shape index (κ2) is 13.3. The van der Waals surface area contributed by atoms with Crippen molar-refractivity contribution >= 4 is 45.2 Å². The number of nitrogens with one attached hydrogen (secondary N) is 1. The molecule has 0 spiro atoms. The molecule has 0 aromatic heterocycles. The monoisotopic (exact) mass is 535 g/mol. The Kier molecular flexibility index (Phi) is 10.9. The third-order valence-corrected chi connectivity index (χ3v) is 7.68. The van der Waals surface area contributed by atoms with Crippen molar-refractivity contribution in [2.75, 3.05) is 13.1 Å². The lowest BCUT2D eigenvalue weighted by atomic mass is 10.1. The molecule has 0 saturated carbocycles. The number of non-ortho nitro benzene ring substituents is 1. The van der Waals surface area contributed by atoms with Crippen LogP contribution in [0.5, 0.6) is 0 Å². The van der Waals surface area contributed by atoms with Crippen LogP contribution in [0.3, 0.4) is 0 Å². The van der Waals surface area contributed by atoms with Crippen molar-refractivity contribution in [3.8, 4) is 0 Å². The molecule has 1 N–H and O–H groups in total. The molecule has 1 heterocycles. The zero-order valence-corrected chi connectivity index (χ0v) is 21.6. The highest BCUT2D eigenvalue weighted by Crippen LogP contribution is 2.36. The number of halogens is 1. The van der Waals surface area contributed by atoms with Crippen molar-refractivity contribution in [3.05, 3.63) is 72.1 Å². The number of hydrogen-bond acceptors (Lipinski definition) is 5. The molecule has 1 aromatic carbocycles. The maximum Gasteiger partial charge on any atom is 0.269 e. The number of hydrogen-bond donors (Lipinski definition) is 1. The van der Waals surface area contributed by atoms with E-state index in [0.717, 1.165) is 49.3 Å². The second-order valence-electron chi connectivity index (χ2n) is 7.72. The van der Waals surface area contributed by atoms with Crippen molar-refractivity contribution in [1.29, 1.82) is 0 Å². The molecule has 1 saturated heterocycles. The third kappa shape index (κ3) is 7.85. The molecule has 1 aliphatic heterocycles. The van der Waals surface area contributed by atoms with Crippen LogP contribution in [-0.2, 0) is 4.79 Å². The summed E-state index contributed by atoms with van der Waals surface area (Å²) >= 11 is 5.18. The highest BCUT2D eigenvalue weighted by molar-refractivity contribution is 9.12. The number of carbonyl (C=O) groups is 2. The number of nitrogens with zero attached hydrogens (tertiary/aromatic N) is 2. The van der Waals surface area contributed by atoms with Crippen molar-refractivity contribution < 1.29 is 14.5 Å². The van der Waals surface area contributed by atoms with Gasteiger partial charge in [0, 0.05) is 41.4 Å². The predicted octanol–water partition coefficient (Wildman–Crippen LogP) is 6.28. The zero-order chi connectivity index (χ0) is 24.4. The van der Waals surface area contributed by atoms with Gasteiger partial charge in [0.1, 0.15) is 0 Å².